The standard InChI is InChI=1S/C90H144N34O17S2/c1-50(125)105-37-9-6-21-65-85(141)124-43-15-26-71(124)84(140)121-67(45-52-29-33-55(127)34-30-52)80(136)117-64(25-14-42-110-90(103)104)75(131)115-61(20-5-8-36-92)78(134)122-69(82(138)112-59(72(94)128)22-11-39-107-87(97)98)48-142-143-49-70(83(139)119-66(44-51-27-31-54(126)32-28-51)79(135)116-63(24-13-41-109-89(101)102)74(130)114-60(76(132)118-65)19-4-7-35-91)123-81(137)68(46-53-47-111-58-18-3-2-16-56(53)58)120-77(133)62(23-12-40-108-88(99)100)113-73(129)57(93)17-10-38-106-86(95)96/h2-3,16,18,27-34,47,57,59-71,111,126-127H,4-15,17,19-26,35-46,48-49,91-93H2,1H3,(H2,94,128)(H,105,125)(H,112,138)(H,113,129)(H,114,130)(H,115,131)(H,116,135)(H,117,136)(H,118,132)(H,119,139)(H,120,133)(H,121,140)(H,122,134)(H,123,137)(H4,95,96,106)(H4,97,98,107)(H4,99,100,108)(H4,101,102,109)(H4,103,104,110)/t57-,59-,60-,61-,62-,63-,64-,65+,66-,67-,68-,69-,70-,71-/m0/s1. The molecule has 51 nitrogen and oxygen atoms in total. The molecule has 15 amide bonds. The van der Waals surface area contributed by atoms with Crippen LogP contribution >= 0.6 is 21.6 Å². The fourth-order valence-electron chi connectivity index (χ4n) is 15.7. The van der Waals surface area contributed by atoms with E-state index in [2.05, 4.69) is 101 Å². The van der Waals surface area contributed by atoms with Gasteiger partial charge in [0.1, 0.15) is 90.0 Å². The van der Waals surface area contributed by atoms with Crippen molar-refractivity contribution in [3.63, 3.8) is 0 Å². The molecule has 44 N–H and O–H groups in total. The summed E-state index contributed by atoms with van der Waals surface area (Å²) in [5.74, 6) is -17.6. The van der Waals surface area contributed by atoms with E-state index in [1.54, 1.807) is 30.5 Å². The summed E-state index contributed by atoms with van der Waals surface area (Å²) in [6.45, 7) is 1.70. The number of nitrogens with two attached hydrogens (primary N) is 9. The fourth-order valence-corrected chi connectivity index (χ4v) is 18.0. The van der Waals surface area contributed by atoms with E-state index < -0.39 is 209 Å². The number of aromatic amines is 1. The van der Waals surface area contributed by atoms with Crippen LogP contribution in [0.1, 0.15) is 158 Å². The number of primary amides is 1. The molecule has 6 rings (SSSR count). The Morgan fingerprint density at radius 1 is 0.441 bits per heavy atom. The normalized spacial score (nSPS) is 20.3. The van der Waals surface area contributed by atoms with Gasteiger partial charge >= 0.3 is 0 Å². The molecule has 0 unspecified atom stereocenters. The van der Waals surface area contributed by atoms with Crippen LogP contribution in [-0.2, 0) is 91.2 Å². The van der Waals surface area contributed by atoms with Crippen LogP contribution in [0.4, 0.5) is 0 Å². The summed E-state index contributed by atoms with van der Waals surface area (Å²) in [5.41, 5.74) is 54.0. The molecule has 14 atom stereocenters. The first-order valence-corrected chi connectivity index (χ1v) is 50.1. The van der Waals surface area contributed by atoms with Crippen LogP contribution in [0.3, 0.4) is 0 Å². The molecule has 0 spiro atoms. The number of nitrogens with one attached hydrogen (secondary N) is 24. The number of para-hydroxylation sites is 1. The Labute approximate surface area is 836 Å². The number of nitrogens with zero attached hydrogens (tertiary/aromatic N) is 1. The van der Waals surface area contributed by atoms with Gasteiger partial charge in [-0.15, -0.1) is 0 Å². The van der Waals surface area contributed by atoms with E-state index in [9.17, 15) is 24.6 Å². The molecule has 0 aliphatic carbocycles. The monoisotopic (exact) mass is 2040 g/mol. The minimum absolute atomic E-state index is 0.00203. The van der Waals surface area contributed by atoms with Gasteiger partial charge in [-0.3, -0.25) is 99.0 Å². The van der Waals surface area contributed by atoms with Gasteiger partial charge in [0.2, 0.25) is 88.6 Å². The second-order valence-electron chi connectivity index (χ2n) is 34.8. The summed E-state index contributed by atoms with van der Waals surface area (Å²) in [4.78, 5) is 229. The van der Waals surface area contributed by atoms with Gasteiger partial charge in [-0.2, -0.15) is 0 Å². The summed E-state index contributed by atoms with van der Waals surface area (Å²) in [7, 11) is 1.58. The Morgan fingerprint density at radius 3 is 1.34 bits per heavy atom. The second-order valence-corrected chi connectivity index (χ2v) is 37.3. The number of benzene rings is 3. The predicted molar refractivity (Wildman–Crippen MR) is 540 cm³/mol. The van der Waals surface area contributed by atoms with Crippen molar-refractivity contribution < 1.29 is 82.1 Å². The number of guanidine groups is 5. The van der Waals surface area contributed by atoms with Crippen LogP contribution in [0.2, 0.25) is 0 Å². The zero-order valence-electron chi connectivity index (χ0n) is 80.3. The highest BCUT2D eigenvalue weighted by atomic mass is 33.1. The molecular formula is C90H144N34O17S2. The number of carbonyl (C=O) groups excluding carboxylic acids is 15. The number of aromatic nitrogens is 1. The summed E-state index contributed by atoms with van der Waals surface area (Å²) in [6, 6.07) is -4.14. The highest BCUT2D eigenvalue weighted by Gasteiger charge is 2.43. The SMILES string of the molecule is CC(=O)NCCCC[C@H]1NC(=O)[C@H](CCCCN)NC(=O)[C@H](CCCNC(=N)N)NC(=O)[C@H](Cc2ccc(O)cc2)NC(=O)[C@@H](NC(=O)[C@H](Cc2c[nH]c3ccccc23)NC(=O)[C@H](CCCNC(=N)N)NC(=O)[C@@H](N)CCCNC(=N)N)CSSC[C@@H](C(=O)N[C@@H](CCCNC(=N)N)C(N)=O)NC(=O)[C@H](CCCCN)NC(=O)[C@H](CCCNC(=N)N)NC(=O)[C@H](Cc2ccc(O)cc2)NC(=O)[C@@H]2CCCN2C1=O. The van der Waals surface area contributed by atoms with E-state index in [1.165, 1.54) is 60.4 Å². The number of fused-ring (bicyclic) bond motifs is 2. The molecule has 3 heterocycles. The van der Waals surface area contributed by atoms with Crippen molar-refractivity contribution in [2.45, 2.75) is 246 Å². The van der Waals surface area contributed by atoms with E-state index in [1.807, 2.05) is 0 Å². The van der Waals surface area contributed by atoms with Crippen LogP contribution in [0.15, 0.2) is 79.0 Å². The first kappa shape index (κ1) is 117. The molecule has 2 saturated heterocycles. The molecule has 788 valence electrons. The molecule has 0 bridgehead atoms. The van der Waals surface area contributed by atoms with E-state index in [0.29, 0.717) is 28.5 Å². The quantitative estimate of drug-likeness (QED) is 0.00846. The van der Waals surface area contributed by atoms with Gasteiger partial charge < -0.3 is 167 Å². The molecule has 53 heteroatoms. The number of carbonyl (C=O) groups is 15. The Bertz CT molecular complexity index is 4950. The summed E-state index contributed by atoms with van der Waals surface area (Å²) in [6.07, 6.45) is 1.17. The molecule has 1 aromatic heterocycles. The van der Waals surface area contributed by atoms with Crippen molar-refractivity contribution in [1.82, 2.24) is 106 Å². The summed E-state index contributed by atoms with van der Waals surface area (Å²) >= 11 is 0. The van der Waals surface area contributed by atoms with Crippen molar-refractivity contribution in [2.24, 2.45) is 51.6 Å². The van der Waals surface area contributed by atoms with E-state index in [0.717, 1.165) is 21.6 Å². The van der Waals surface area contributed by atoms with Crippen molar-refractivity contribution in [2.75, 3.05) is 70.4 Å². The number of hydrogen-bond donors (Lipinski definition) is 35. The molecule has 0 radical (unpaired) electrons. The Balaban J connectivity index is 1.61. The lowest BCUT2D eigenvalue weighted by atomic mass is 10.0. The predicted octanol–water partition coefficient (Wildman–Crippen LogP) is -6.50. The molecule has 4 aromatic rings. The number of H-pyrrole nitrogens is 1. The third-order valence-electron chi connectivity index (χ3n) is 23.3. The topological polar surface area (TPSA) is 886 Å². The van der Waals surface area contributed by atoms with Gasteiger partial charge in [0, 0.05) is 101 Å². The number of unbranched alkanes of at least 4 members (excludes halogenated alkanes) is 3. The first-order valence-electron chi connectivity index (χ1n) is 47.6. The molecule has 143 heavy (non-hydrogen) atoms. The van der Waals surface area contributed by atoms with Crippen molar-refractivity contribution in [3.05, 3.63) is 95.7 Å². The molecule has 2 aliphatic rings. The molecule has 0 saturated carbocycles. The van der Waals surface area contributed by atoms with E-state index in [-0.39, 0.29) is 229 Å². The van der Waals surface area contributed by atoms with Gasteiger partial charge in [0.05, 0.1) is 6.04 Å². The number of phenols is 2. The van der Waals surface area contributed by atoms with Crippen molar-refractivity contribution in [3.8, 4) is 11.5 Å². The second kappa shape index (κ2) is 62.8. The van der Waals surface area contributed by atoms with Crippen LogP contribution in [0.5, 0.6) is 11.5 Å². The number of rotatable bonds is 48. The minimum Gasteiger partial charge on any atom is -0.508 e. The molecule has 2 aliphatic heterocycles. The number of amides is 15. The number of aromatic hydroxyl groups is 2. The lowest BCUT2D eigenvalue weighted by Gasteiger charge is -2.31. The summed E-state index contributed by atoms with van der Waals surface area (Å²) in [5, 5.41) is 109. The zero-order valence-corrected chi connectivity index (χ0v) is 81.9. The van der Waals surface area contributed by atoms with Gasteiger partial charge in [0.25, 0.3) is 0 Å². The third-order valence-corrected chi connectivity index (χ3v) is 25.7. The maximum Gasteiger partial charge on any atom is 0.245 e. The molecule has 2 fully saturated rings. The average molecular weight is 2040 g/mol. The average Bonchev–Trinajstić information content (AvgIpc) is 1.68. The summed E-state index contributed by atoms with van der Waals surface area (Å²) < 4.78 is 0. The van der Waals surface area contributed by atoms with Gasteiger partial charge in [-0.1, -0.05) is 64.1 Å². The fraction of sp³-hybridized carbons (Fsp3) is 0.556. The highest BCUT2D eigenvalue weighted by molar-refractivity contribution is 8.76. The lowest BCUT2D eigenvalue weighted by Crippen LogP contribution is -2.61. The minimum atomic E-state index is -1.87. The number of phenolic OH excluding ortho intramolecular Hbond substituents is 2. The van der Waals surface area contributed by atoms with Crippen LogP contribution in [0.25, 0.3) is 10.9 Å². The van der Waals surface area contributed by atoms with Crippen LogP contribution in [0, 0.1) is 27.0 Å². The van der Waals surface area contributed by atoms with E-state index in [4.69, 9.17) is 78.6 Å². The smallest absolute Gasteiger partial charge is 0.245 e. The molecule has 3 aromatic carbocycles. The first-order chi connectivity index (χ1) is 68.2. The zero-order chi connectivity index (χ0) is 105. The van der Waals surface area contributed by atoms with Gasteiger partial charge in [-0.25, -0.2) is 0 Å². The van der Waals surface area contributed by atoms with Crippen LogP contribution < -0.4 is 147 Å². The largest absolute Gasteiger partial charge is 0.508 e. The Hall–Kier alpha value is -14.2. The maximum absolute atomic E-state index is 16.0. The Kier molecular flexibility index (Phi) is 51.6. The van der Waals surface area contributed by atoms with Gasteiger partial charge in [-0.05, 0) is 195 Å². The van der Waals surface area contributed by atoms with Crippen molar-refractivity contribution in [1.29, 1.82) is 27.0 Å². The lowest BCUT2D eigenvalue weighted by molar-refractivity contribution is -0.143. The van der Waals surface area contributed by atoms with Crippen LogP contribution in [-0.4, -0.2) is 293 Å². The molecular weight excluding hydrogens is 1890 g/mol. The Morgan fingerprint density at radius 2 is 0.853 bits per heavy atom. The van der Waals surface area contributed by atoms with Crippen molar-refractivity contribution >= 4 is 151 Å². The van der Waals surface area contributed by atoms with Gasteiger partial charge in [0.15, 0.2) is 29.8 Å². The van der Waals surface area contributed by atoms with E-state index >= 15 is 57.5 Å². The maximum atomic E-state index is 16.0. The highest BCUT2D eigenvalue weighted by Crippen LogP contribution is 2.27. The third kappa shape index (κ3) is 43.4. The number of hydrogen-bond acceptors (Lipinski definition) is 27.